The van der Waals surface area contributed by atoms with E-state index < -0.39 is 0 Å². The Morgan fingerprint density at radius 3 is 2.32 bits per heavy atom. The quantitative estimate of drug-likeness (QED) is 0.862. The zero-order valence-corrected chi connectivity index (χ0v) is 12.1. The lowest BCUT2D eigenvalue weighted by Gasteiger charge is -2.14. The van der Waals surface area contributed by atoms with Gasteiger partial charge >= 0.3 is 0 Å². The summed E-state index contributed by atoms with van der Waals surface area (Å²) in [6, 6.07) is 8.60. The van der Waals surface area contributed by atoms with Crippen LogP contribution in [0.4, 0.5) is 11.4 Å². The van der Waals surface area contributed by atoms with Gasteiger partial charge in [-0.1, -0.05) is 20.8 Å². The molecule has 2 atom stereocenters. The highest BCUT2D eigenvalue weighted by atomic mass is 16.1. The molecule has 0 heterocycles. The number of hydrogen-bond acceptors (Lipinski definition) is 2. The molecule has 2 unspecified atom stereocenters. The predicted octanol–water partition coefficient (Wildman–Crippen LogP) is 3.88. The first kappa shape index (κ1) is 13.9. The van der Waals surface area contributed by atoms with Gasteiger partial charge < -0.3 is 10.6 Å². The number of carbonyl (C=O) groups is 1. The van der Waals surface area contributed by atoms with E-state index in [0.29, 0.717) is 6.04 Å². The molecule has 1 aromatic rings. The number of anilines is 2. The summed E-state index contributed by atoms with van der Waals surface area (Å²) in [6.45, 7) is 6.10. The zero-order valence-electron chi connectivity index (χ0n) is 12.1. The zero-order chi connectivity index (χ0) is 13.8. The van der Waals surface area contributed by atoms with Crippen molar-refractivity contribution in [3.05, 3.63) is 24.3 Å². The third kappa shape index (κ3) is 3.98. The Balaban J connectivity index is 1.89. The maximum atomic E-state index is 11.6. The Bertz CT molecular complexity index is 425. The molecular weight excluding hydrogens is 236 g/mol. The minimum atomic E-state index is 0.0118. The largest absolute Gasteiger partial charge is 0.382 e. The van der Waals surface area contributed by atoms with Crippen LogP contribution in [0.5, 0.6) is 0 Å². The van der Waals surface area contributed by atoms with Crippen molar-refractivity contribution in [2.75, 3.05) is 10.6 Å². The van der Waals surface area contributed by atoms with Crippen molar-refractivity contribution in [1.29, 1.82) is 0 Å². The second kappa shape index (κ2) is 6.09. The van der Waals surface area contributed by atoms with Crippen LogP contribution in [0.2, 0.25) is 0 Å². The van der Waals surface area contributed by atoms with E-state index in [0.717, 1.165) is 17.3 Å². The maximum absolute atomic E-state index is 11.6. The van der Waals surface area contributed by atoms with Gasteiger partial charge in [0.25, 0.3) is 0 Å². The summed E-state index contributed by atoms with van der Waals surface area (Å²) >= 11 is 0. The van der Waals surface area contributed by atoms with Gasteiger partial charge in [0, 0.05) is 23.3 Å². The van der Waals surface area contributed by atoms with Crippen LogP contribution in [0.15, 0.2) is 24.3 Å². The molecule has 1 fully saturated rings. The molecule has 3 nitrogen and oxygen atoms in total. The number of amides is 1. The Labute approximate surface area is 115 Å². The smallest absolute Gasteiger partial charge is 0.226 e. The van der Waals surface area contributed by atoms with E-state index in [4.69, 9.17) is 0 Å². The van der Waals surface area contributed by atoms with Crippen molar-refractivity contribution in [2.24, 2.45) is 11.8 Å². The van der Waals surface area contributed by atoms with E-state index >= 15 is 0 Å². The third-order valence-electron chi connectivity index (χ3n) is 3.74. The van der Waals surface area contributed by atoms with Crippen LogP contribution in [0.3, 0.4) is 0 Å². The lowest BCUT2D eigenvalue weighted by Crippen LogP contribution is -2.18. The van der Waals surface area contributed by atoms with Crippen LogP contribution in [0, 0.1) is 11.8 Å². The molecule has 0 bridgehead atoms. The summed E-state index contributed by atoms with van der Waals surface area (Å²) in [4.78, 5) is 11.6. The molecule has 1 aliphatic carbocycles. The second-order valence-corrected chi connectivity index (χ2v) is 5.98. The van der Waals surface area contributed by atoms with Gasteiger partial charge in [-0.2, -0.15) is 0 Å². The molecule has 0 spiro atoms. The summed E-state index contributed by atoms with van der Waals surface area (Å²) in [7, 11) is 0. The average molecular weight is 260 g/mol. The molecule has 2 rings (SSSR count). The first-order valence-electron chi connectivity index (χ1n) is 7.22. The van der Waals surface area contributed by atoms with Crippen molar-refractivity contribution < 1.29 is 4.79 Å². The second-order valence-electron chi connectivity index (χ2n) is 5.98. The monoisotopic (exact) mass is 260 g/mol. The highest BCUT2D eigenvalue weighted by Gasteiger charge is 2.20. The van der Waals surface area contributed by atoms with Crippen LogP contribution < -0.4 is 10.6 Å². The number of rotatable bonds is 4. The standard InChI is InChI=1S/C16H24N2O/c1-11(2)16(19)18-14-8-6-13(7-9-14)17-15-5-4-12(3)10-15/h6-9,11-12,15,17H,4-5,10H2,1-3H3,(H,18,19). The molecule has 104 valence electrons. The minimum absolute atomic E-state index is 0.0118. The molecule has 0 aromatic heterocycles. The first-order valence-corrected chi connectivity index (χ1v) is 7.22. The Hall–Kier alpha value is -1.51. The van der Waals surface area contributed by atoms with E-state index in [1.807, 2.05) is 38.1 Å². The van der Waals surface area contributed by atoms with Crippen LogP contribution in [0.25, 0.3) is 0 Å². The summed E-state index contributed by atoms with van der Waals surface area (Å²) in [5.74, 6) is 0.908. The van der Waals surface area contributed by atoms with Gasteiger partial charge in [-0.25, -0.2) is 0 Å². The predicted molar refractivity (Wildman–Crippen MR) is 80.3 cm³/mol. The molecular formula is C16H24N2O. The lowest BCUT2D eigenvalue weighted by atomic mass is 10.1. The van der Waals surface area contributed by atoms with Gasteiger partial charge in [0.1, 0.15) is 0 Å². The molecule has 1 aromatic carbocycles. The number of benzene rings is 1. The summed E-state index contributed by atoms with van der Waals surface area (Å²) in [5.41, 5.74) is 2.01. The summed E-state index contributed by atoms with van der Waals surface area (Å²) in [5, 5.41) is 6.46. The highest BCUT2D eigenvalue weighted by molar-refractivity contribution is 5.92. The van der Waals surface area contributed by atoms with Crippen molar-refractivity contribution in [1.82, 2.24) is 0 Å². The third-order valence-corrected chi connectivity index (χ3v) is 3.74. The Morgan fingerprint density at radius 1 is 1.16 bits per heavy atom. The topological polar surface area (TPSA) is 41.1 Å². The molecule has 0 aliphatic heterocycles. The van der Waals surface area contributed by atoms with Crippen LogP contribution in [-0.2, 0) is 4.79 Å². The van der Waals surface area contributed by atoms with Gasteiger partial charge in [-0.15, -0.1) is 0 Å². The van der Waals surface area contributed by atoms with Gasteiger partial charge in [0.05, 0.1) is 0 Å². The Kier molecular flexibility index (Phi) is 4.46. The van der Waals surface area contributed by atoms with Crippen molar-refractivity contribution >= 4 is 17.3 Å². The van der Waals surface area contributed by atoms with E-state index in [2.05, 4.69) is 17.6 Å². The fourth-order valence-corrected chi connectivity index (χ4v) is 2.51. The van der Waals surface area contributed by atoms with Crippen LogP contribution in [-0.4, -0.2) is 11.9 Å². The van der Waals surface area contributed by atoms with E-state index in [1.54, 1.807) is 0 Å². The molecule has 2 N–H and O–H groups in total. The molecule has 1 amide bonds. The molecule has 19 heavy (non-hydrogen) atoms. The van der Waals surface area contributed by atoms with Crippen molar-refractivity contribution in [3.8, 4) is 0 Å². The van der Waals surface area contributed by atoms with Crippen LogP contribution >= 0.6 is 0 Å². The van der Waals surface area contributed by atoms with Gasteiger partial charge in [0.15, 0.2) is 0 Å². The van der Waals surface area contributed by atoms with E-state index in [1.165, 1.54) is 19.3 Å². The number of hydrogen-bond donors (Lipinski definition) is 2. The molecule has 1 aliphatic rings. The SMILES string of the molecule is CC1CCC(Nc2ccc(NC(=O)C(C)C)cc2)C1. The number of carbonyl (C=O) groups excluding carboxylic acids is 1. The highest BCUT2D eigenvalue weighted by Crippen LogP contribution is 2.27. The van der Waals surface area contributed by atoms with Gasteiger partial charge in [-0.05, 0) is 49.4 Å². The molecule has 1 saturated carbocycles. The Morgan fingerprint density at radius 2 is 1.79 bits per heavy atom. The minimum Gasteiger partial charge on any atom is -0.382 e. The fourth-order valence-electron chi connectivity index (χ4n) is 2.51. The summed E-state index contributed by atoms with van der Waals surface area (Å²) in [6.07, 6.45) is 3.83. The van der Waals surface area contributed by atoms with E-state index in [-0.39, 0.29) is 11.8 Å². The fraction of sp³-hybridized carbons (Fsp3) is 0.562. The van der Waals surface area contributed by atoms with Crippen molar-refractivity contribution in [3.63, 3.8) is 0 Å². The number of nitrogens with one attached hydrogen (secondary N) is 2. The van der Waals surface area contributed by atoms with Crippen LogP contribution in [0.1, 0.15) is 40.0 Å². The normalized spacial score (nSPS) is 22.5. The van der Waals surface area contributed by atoms with Crippen molar-refractivity contribution in [2.45, 2.75) is 46.1 Å². The molecule has 3 heteroatoms. The maximum Gasteiger partial charge on any atom is 0.226 e. The lowest BCUT2D eigenvalue weighted by molar-refractivity contribution is -0.118. The van der Waals surface area contributed by atoms with E-state index in [9.17, 15) is 4.79 Å². The molecule has 0 radical (unpaired) electrons. The summed E-state index contributed by atoms with van der Waals surface area (Å²) < 4.78 is 0. The van der Waals surface area contributed by atoms with Gasteiger partial charge in [0.2, 0.25) is 5.91 Å². The average Bonchev–Trinajstić information content (AvgIpc) is 2.77. The van der Waals surface area contributed by atoms with Gasteiger partial charge in [-0.3, -0.25) is 4.79 Å². The molecule has 0 saturated heterocycles. The first-order chi connectivity index (χ1) is 9.04.